The summed E-state index contributed by atoms with van der Waals surface area (Å²) < 4.78 is 5.78. The zero-order valence-corrected chi connectivity index (χ0v) is 19.2. The summed E-state index contributed by atoms with van der Waals surface area (Å²) in [4.78, 5) is 30.7. The quantitative estimate of drug-likeness (QED) is 0.131. The van der Waals surface area contributed by atoms with Crippen LogP contribution in [0.3, 0.4) is 0 Å². The Hall–Kier alpha value is -2.50. The Balaban J connectivity index is 1.67. The minimum Gasteiger partial charge on any atom is -0.421 e. The predicted molar refractivity (Wildman–Crippen MR) is 123 cm³/mol. The van der Waals surface area contributed by atoms with E-state index in [-0.39, 0.29) is 12.2 Å². The number of ether oxygens (including phenoxy) is 1. The van der Waals surface area contributed by atoms with Gasteiger partial charge in [-0.2, -0.15) is 4.89 Å². The van der Waals surface area contributed by atoms with Gasteiger partial charge in [-0.3, -0.25) is 9.59 Å². The lowest BCUT2D eigenvalue weighted by Crippen LogP contribution is -2.41. The molecule has 0 fully saturated rings. The summed E-state index contributed by atoms with van der Waals surface area (Å²) in [5.74, 6) is -2.48. The van der Waals surface area contributed by atoms with Gasteiger partial charge in [0.2, 0.25) is 0 Å². The first kappa shape index (κ1) is 24.1. The summed E-state index contributed by atoms with van der Waals surface area (Å²) in [7, 11) is 0. The van der Waals surface area contributed by atoms with Gasteiger partial charge in [0.15, 0.2) is 5.78 Å². The zero-order chi connectivity index (χ0) is 23.0. The van der Waals surface area contributed by atoms with Crippen LogP contribution in [0.4, 0.5) is 0 Å². The van der Waals surface area contributed by atoms with E-state index in [0.717, 1.165) is 24.8 Å². The van der Waals surface area contributed by atoms with Crippen molar-refractivity contribution in [3.63, 3.8) is 0 Å². The summed E-state index contributed by atoms with van der Waals surface area (Å²) in [5, 5.41) is 9.98. The molecule has 0 heterocycles. The molecule has 0 radical (unpaired) electrons. The van der Waals surface area contributed by atoms with Crippen molar-refractivity contribution in [3.05, 3.63) is 70.3 Å². The summed E-state index contributed by atoms with van der Waals surface area (Å²) >= 11 is 0. The van der Waals surface area contributed by atoms with Crippen LogP contribution in [0.1, 0.15) is 104 Å². The van der Waals surface area contributed by atoms with Crippen LogP contribution in [0.25, 0.3) is 0 Å². The molecule has 1 unspecified atom stereocenters. The molecule has 1 atom stereocenters. The van der Waals surface area contributed by atoms with E-state index < -0.39 is 11.8 Å². The summed E-state index contributed by atoms with van der Waals surface area (Å²) in [5.41, 5.74) is 2.30. The van der Waals surface area contributed by atoms with Crippen LogP contribution in [-0.4, -0.2) is 17.0 Å². The summed E-state index contributed by atoms with van der Waals surface area (Å²) in [6.45, 7) is 4.10. The average molecular weight is 439 g/mol. The highest BCUT2D eigenvalue weighted by Gasteiger charge is 2.49. The third-order valence-corrected chi connectivity index (χ3v) is 6.17. The first-order valence-corrected chi connectivity index (χ1v) is 11.8. The number of carbonyl (C=O) groups is 2. The number of ketones is 1. The van der Waals surface area contributed by atoms with E-state index in [9.17, 15) is 14.8 Å². The molecular formula is C27H34O5. The normalized spacial score (nSPS) is 17.0. The van der Waals surface area contributed by atoms with E-state index in [2.05, 4.69) is 6.92 Å². The van der Waals surface area contributed by atoms with E-state index in [1.165, 1.54) is 38.5 Å². The topological polar surface area (TPSA) is 72.8 Å². The van der Waals surface area contributed by atoms with Crippen LogP contribution in [0.5, 0.6) is 0 Å². The van der Waals surface area contributed by atoms with E-state index in [1.807, 2.05) is 13.0 Å². The lowest BCUT2D eigenvalue weighted by Gasteiger charge is -2.36. The standard InChI is InChI=1S/C27H34O5/c1-3-4-5-6-7-8-9-10-11-16-25(28)31-27(32-30)23-15-13-12-14-21(23)26(29)22-19-20(2)17-18-24(22)27/h12-15,17-19,30H,3-11,16H2,1-2H3. The van der Waals surface area contributed by atoms with Crippen LogP contribution in [0.2, 0.25) is 0 Å². The van der Waals surface area contributed by atoms with Gasteiger partial charge in [-0.25, -0.2) is 5.26 Å². The molecule has 0 amide bonds. The highest BCUT2D eigenvalue weighted by molar-refractivity contribution is 6.13. The molecule has 0 spiro atoms. The van der Waals surface area contributed by atoms with Crippen LogP contribution < -0.4 is 0 Å². The average Bonchev–Trinajstić information content (AvgIpc) is 2.80. The van der Waals surface area contributed by atoms with Crippen LogP contribution in [-0.2, 0) is 20.2 Å². The van der Waals surface area contributed by atoms with Gasteiger partial charge in [0.05, 0.1) is 0 Å². The van der Waals surface area contributed by atoms with Gasteiger partial charge in [0, 0.05) is 28.7 Å². The van der Waals surface area contributed by atoms with Crippen molar-refractivity contribution < 1.29 is 24.5 Å². The van der Waals surface area contributed by atoms with Crippen LogP contribution in [0, 0.1) is 6.92 Å². The fourth-order valence-corrected chi connectivity index (χ4v) is 4.41. The Bertz CT molecular complexity index is 935. The Morgan fingerprint density at radius 2 is 1.50 bits per heavy atom. The summed E-state index contributed by atoms with van der Waals surface area (Å²) in [6.07, 6.45) is 10.6. The van der Waals surface area contributed by atoms with Gasteiger partial charge < -0.3 is 4.74 Å². The molecule has 5 nitrogen and oxygen atoms in total. The van der Waals surface area contributed by atoms with Gasteiger partial charge in [-0.1, -0.05) is 100 Å². The second-order valence-corrected chi connectivity index (χ2v) is 8.68. The number of esters is 1. The molecule has 32 heavy (non-hydrogen) atoms. The SMILES string of the molecule is CCCCCCCCCCCC(=O)OC1(OO)c2ccccc2C(=O)c2cc(C)ccc21. The highest BCUT2D eigenvalue weighted by atomic mass is 17.1. The maximum Gasteiger partial charge on any atom is 0.308 e. The number of aryl methyl sites for hydroxylation is 1. The van der Waals surface area contributed by atoms with Gasteiger partial charge in [-0.05, 0) is 19.4 Å². The van der Waals surface area contributed by atoms with Crippen molar-refractivity contribution in [2.45, 2.75) is 83.8 Å². The van der Waals surface area contributed by atoms with E-state index in [4.69, 9.17) is 9.62 Å². The Morgan fingerprint density at radius 1 is 0.875 bits per heavy atom. The largest absolute Gasteiger partial charge is 0.421 e. The number of unbranched alkanes of at least 4 members (excludes halogenated alkanes) is 8. The monoisotopic (exact) mass is 438 g/mol. The highest BCUT2D eigenvalue weighted by Crippen LogP contribution is 2.43. The number of benzene rings is 2. The number of rotatable bonds is 12. The molecule has 0 aliphatic heterocycles. The van der Waals surface area contributed by atoms with Crippen LogP contribution >= 0.6 is 0 Å². The van der Waals surface area contributed by atoms with Crippen molar-refractivity contribution in [2.75, 3.05) is 0 Å². The van der Waals surface area contributed by atoms with Gasteiger partial charge in [-0.15, -0.1) is 0 Å². The second-order valence-electron chi connectivity index (χ2n) is 8.68. The predicted octanol–water partition coefficient (Wildman–Crippen LogP) is 6.69. The third-order valence-electron chi connectivity index (χ3n) is 6.17. The van der Waals surface area contributed by atoms with E-state index in [0.29, 0.717) is 22.3 Å². The number of hydrogen-bond acceptors (Lipinski definition) is 5. The molecule has 1 aliphatic rings. The molecule has 1 N–H and O–H groups in total. The fraction of sp³-hybridized carbons (Fsp3) is 0.481. The number of carbonyl (C=O) groups excluding carboxylic acids is 2. The van der Waals surface area contributed by atoms with Gasteiger partial charge in [0.1, 0.15) is 0 Å². The smallest absolute Gasteiger partial charge is 0.308 e. The molecule has 3 rings (SSSR count). The minimum atomic E-state index is -1.84. The number of hydrogen-bond donors (Lipinski definition) is 1. The molecule has 0 aromatic heterocycles. The van der Waals surface area contributed by atoms with Crippen molar-refractivity contribution in [3.8, 4) is 0 Å². The first-order valence-electron chi connectivity index (χ1n) is 11.8. The van der Waals surface area contributed by atoms with Crippen LogP contribution in [0.15, 0.2) is 42.5 Å². The third kappa shape index (κ3) is 5.28. The fourth-order valence-electron chi connectivity index (χ4n) is 4.41. The van der Waals surface area contributed by atoms with E-state index in [1.54, 1.807) is 36.4 Å². The first-order chi connectivity index (χ1) is 15.5. The van der Waals surface area contributed by atoms with Crippen molar-refractivity contribution in [2.24, 2.45) is 0 Å². The maximum atomic E-state index is 13.0. The van der Waals surface area contributed by atoms with Crippen molar-refractivity contribution >= 4 is 11.8 Å². The Morgan fingerprint density at radius 3 is 2.19 bits per heavy atom. The molecule has 1 aliphatic carbocycles. The molecule has 2 aromatic rings. The van der Waals surface area contributed by atoms with Gasteiger partial charge >= 0.3 is 5.97 Å². The van der Waals surface area contributed by atoms with E-state index >= 15 is 0 Å². The molecule has 2 aromatic carbocycles. The van der Waals surface area contributed by atoms with Crippen molar-refractivity contribution in [1.29, 1.82) is 0 Å². The Labute approximate surface area is 190 Å². The lowest BCUT2D eigenvalue weighted by atomic mass is 9.80. The Kier molecular flexibility index (Phi) is 8.60. The lowest BCUT2D eigenvalue weighted by molar-refractivity contribution is -0.384. The maximum absolute atomic E-state index is 13.0. The molecule has 5 heteroatoms. The molecular weight excluding hydrogens is 404 g/mol. The molecule has 0 saturated heterocycles. The minimum absolute atomic E-state index is 0.179. The van der Waals surface area contributed by atoms with Gasteiger partial charge in [0.25, 0.3) is 5.79 Å². The number of fused-ring (bicyclic) bond motifs is 2. The van der Waals surface area contributed by atoms with Crippen molar-refractivity contribution in [1.82, 2.24) is 0 Å². The molecule has 172 valence electrons. The summed E-state index contributed by atoms with van der Waals surface area (Å²) in [6, 6.07) is 12.0. The second kappa shape index (κ2) is 11.4. The zero-order valence-electron chi connectivity index (χ0n) is 19.2. The molecule has 0 saturated carbocycles. The molecule has 0 bridgehead atoms.